The number of carbonyl (C=O) groups is 3. The van der Waals surface area contributed by atoms with Crippen LogP contribution in [0.3, 0.4) is 0 Å². The molecule has 0 spiro atoms. The number of rotatable bonds is 11. The van der Waals surface area contributed by atoms with Crippen molar-refractivity contribution in [1.29, 1.82) is 0 Å². The lowest BCUT2D eigenvalue weighted by atomic mass is 10.0. The lowest BCUT2D eigenvalue weighted by Gasteiger charge is -2.29. The van der Waals surface area contributed by atoms with Gasteiger partial charge in [0, 0.05) is 12.2 Å². The summed E-state index contributed by atoms with van der Waals surface area (Å²) < 4.78 is 4.58. The molecule has 3 amide bonds. The van der Waals surface area contributed by atoms with E-state index >= 15 is 0 Å². The lowest BCUT2D eigenvalue weighted by molar-refractivity contribution is -0.127. The number of benzene rings is 3. The maximum atomic E-state index is 14.2. The number of anilines is 1. The third-order valence-corrected chi connectivity index (χ3v) is 6.86. The van der Waals surface area contributed by atoms with Crippen LogP contribution in [-0.2, 0) is 20.7 Å². The zero-order valence-electron chi connectivity index (χ0n) is 27.4. The fourth-order valence-electron chi connectivity index (χ4n) is 4.39. The Bertz CT molecular complexity index is 1490. The molecule has 0 aliphatic carbocycles. The van der Waals surface area contributed by atoms with Gasteiger partial charge < -0.3 is 20.7 Å². The molecule has 1 unspecified atom stereocenters. The van der Waals surface area contributed by atoms with E-state index in [0.29, 0.717) is 13.0 Å². The number of primary amides is 1. The van der Waals surface area contributed by atoms with Crippen molar-refractivity contribution in [1.82, 2.24) is 5.32 Å². The summed E-state index contributed by atoms with van der Waals surface area (Å²) in [7, 11) is 0. The van der Waals surface area contributed by atoms with Crippen LogP contribution in [0.5, 0.6) is 0 Å². The van der Waals surface area contributed by atoms with Crippen molar-refractivity contribution >= 4 is 23.6 Å². The van der Waals surface area contributed by atoms with Crippen molar-refractivity contribution in [2.75, 3.05) is 11.4 Å². The molecule has 45 heavy (non-hydrogen) atoms. The van der Waals surface area contributed by atoms with Crippen LogP contribution >= 0.6 is 0 Å². The molecule has 0 heterocycles. The molecule has 238 valence electrons. The lowest BCUT2D eigenvalue weighted by Crippen LogP contribution is -2.44. The van der Waals surface area contributed by atoms with E-state index in [9.17, 15) is 14.4 Å². The van der Waals surface area contributed by atoms with Crippen molar-refractivity contribution in [3.63, 3.8) is 0 Å². The summed E-state index contributed by atoms with van der Waals surface area (Å²) in [6, 6.07) is 23.0. The number of nitrogens with two attached hydrogens (primary N) is 1. The number of allylic oxidation sites excluding steroid dienone is 3. The van der Waals surface area contributed by atoms with Gasteiger partial charge in [0.1, 0.15) is 11.6 Å². The first kappa shape index (κ1) is 36.3. The van der Waals surface area contributed by atoms with Crippen molar-refractivity contribution in [2.45, 2.75) is 66.0 Å². The molecule has 0 aliphatic rings. The first-order valence-corrected chi connectivity index (χ1v) is 14.9. The second-order valence-corrected chi connectivity index (χ2v) is 11.8. The minimum atomic E-state index is -0.830. The zero-order valence-corrected chi connectivity index (χ0v) is 27.4. The third-order valence-electron chi connectivity index (χ3n) is 6.86. The van der Waals surface area contributed by atoms with Crippen LogP contribution in [0.25, 0.3) is 0 Å². The van der Waals surface area contributed by atoms with Crippen LogP contribution < -0.4 is 16.0 Å². The number of ether oxygens (including phenoxy) is 1. The van der Waals surface area contributed by atoms with Gasteiger partial charge in [0.05, 0.1) is 6.42 Å². The Balaban J connectivity index is 0.000000777. The fourth-order valence-corrected chi connectivity index (χ4v) is 4.39. The molecular weight excluding hydrogens is 562 g/mol. The second kappa shape index (κ2) is 17.4. The summed E-state index contributed by atoms with van der Waals surface area (Å²) in [5.41, 5.74) is 11.2. The molecule has 7 nitrogen and oxygen atoms in total. The zero-order chi connectivity index (χ0) is 33.6. The predicted octanol–water partition coefficient (Wildman–Crippen LogP) is 7.61. The number of carbonyl (C=O) groups excluding carboxylic acids is 3. The molecule has 0 aliphatic heterocycles. The average molecular weight is 610 g/mol. The standard InChI is InChI=1S/C33H36N2O2.C5H11NO2/c1-6-11-27(7-2)23-31(36)34-32(29-12-9-8-10-13-29)33(37)35(30-19-16-25(4)26(5)22-30)21-20-28-17-14-24(3)15-18-28;1-5(2,3)8-4(6)7/h6-19,22,32H,1-2,20-21,23H2,3-5H3,(H,34,36);1-3H3,(H2,6,7)/b27-11+;. The Kier molecular flexibility index (Phi) is 14.0. The van der Waals surface area contributed by atoms with Gasteiger partial charge in [-0.25, -0.2) is 4.79 Å². The van der Waals surface area contributed by atoms with Gasteiger partial charge in [0.15, 0.2) is 0 Å². The number of aryl methyl sites for hydroxylation is 3. The Hall–Kier alpha value is -4.91. The van der Waals surface area contributed by atoms with Crippen molar-refractivity contribution in [2.24, 2.45) is 5.73 Å². The van der Waals surface area contributed by atoms with Gasteiger partial charge in [-0.05, 0) is 87.9 Å². The Labute approximate surface area is 268 Å². The summed E-state index contributed by atoms with van der Waals surface area (Å²) in [4.78, 5) is 39.0. The molecule has 0 saturated heterocycles. The van der Waals surface area contributed by atoms with Crippen LogP contribution in [0.2, 0.25) is 0 Å². The summed E-state index contributed by atoms with van der Waals surface area (Å²) in [6.07, 6.45) is 5.07. The molecule has 0 radical (unpaired) electrons. The monoisotopic (exact) mass is 609 g/mol. The van der Waals surface area contributed by atoms with Gasteiger partial charge in [-0.1, -0.05) is 97.6 Å². The molecule has 0 aromatic heterocycles. The van der Waals surface area contributed by atoms with E-state index in [0.717, 1.165) is 33.5 Å². The number of hydrogen-bond acceptors (Lipinski definition) is 4. The Morgan fingerprint density at radius 2 is 1.58 bits per heavy atom. The topological polar surface area (TPSA) is 102 Å². The maximum Gasteiger partial charge on any atom is 0.405 e. The largest absolute Gasteiger partial charge is 0.444 e. The van der Waals surface area contributed by atoms with E-state index < -0.39 is 17.7 Å². The smallest absolute Gasteiger partial charge is 0.405 e. The molecule has 0 saturated carbocycles. The van der Waals surface area contributed by atoms with E-state index in [1.807, 2.05) is 55.5 Å². The molecule has 1 atom stereocenters. The van der Waals surface area contributed by atoms with Gasteiger partial charge in [-0.3, -0.25) is 9.59 Å². The van der Waals surface area contributed by atoms with E-state index in [-0.39, 0.29) is 18.2 Å². The first-order valence-electron chi connectivity index (χ1n) is 14.9. The van der Waals surface area contributed by atoms with Gasteiger partial charge in [0.25, 0.3) is 5.91 Å². The highest BCUT2D eigenvalue weighted by molar-refractivity contribution is 6.00. The minimum Gasteiger partial charge on any atom is -0.444 e. The summed E-state index contributed by atoms with van der Waals surface area (Å²) >= 11 is 0. The second-order valence-electron chi connectivity index (χ2n) is 11.8. The highest BCUT2D eigenvalue weighted by atomic mass is 16.6. The van der Waals surface area contributed by atoms with Gasteiger partial charge >= 0.3 is 6.09 Å². The first-order chi connectivity index (χ1) is 21.2. The predicted molar refractivity (Wildman–Crippen MR) is 184 cm³/mol. The Morgan fingerprint density at radius 1 is 0.933 bits per heavy atom. The quantitative estimate of drug-likeness (QED) is 0.218. The van der Waals surface area contributed by atoms with E-state index in [1.54, 1.807) is 43.9 Å². The molecule has 7 heteroatoms. The molecule has 0 bridgehead atoms. The van der Waals surface area contributed by atoms with Crippen molar-refractivity contribution in [3.05, 3.63) is 138 Å². The number of hydrogen-bond donors (Lipinski definition) is 2. The normalized spacial score (nSPS) is 11.7. The van der Waals surface area contributed by atoms with E-state index in [1.165, 1.54) is 5.56 Å². The molecular formula is C38H47N3O4. The van der Waals surface area contributed by atoms with Crippen LogP contribution in [0.15, 0.2) is 110 Å². The third kappa shape index (κ3) is 12.7. The number of amides is 3. The fraction of sp³-hybridized carbons (Fsp3) is 0.289. The van der Waals surface area contributed by atoms with Gasteiger partial charge in [-0.2, -0.15) is 0 Å². The van der Waals surface area contributed by atoms with E-state index in [2.05, 4.69) is 61.3 Å². The van der Waals surface area contributed by atoms with Gasteiger partial charge in [0.2, 0.25) is 5.91 Å². The number of nitrogens with one attached hydrogen (secondary N) is 1. The Morgan fingerprint density at radius 3 is 2.09 bits per heavy atom. The highest BCUT2D eigenvalue weighted by Crippen LogP contribution is 2.25. The summed E-state index contributed by atoms with van der Waals surface area (Å²) in [6.45, 7) is 19.4. The van der Waals surface area contributed by atoms with Crippen molar-refractivity contribution < 1.29 is 19.1 Å². The average Bonchev–Trinajstić information content (AvgIpc) is 2.98. The molecule has 3 aromatic carbocycles. The molecule has 3 N–H and O–H groups in total. The summed E-state index contributed by atoms with van der Waals surface area (Å²) in [5.74, 6) is -0.434. The number of nitrogens with zero attached hydrogens (tertiary/aromatic N) is 1. The van der Waals surface area contributed by atoms with Crippen LogP contribution in [-0.4, -0.2) is 30.1 Å². The maximum absolute atomic E-state index is 14.2. The SMILES string of the molecule is C=C/C=C(\C=C)CC(=O)NC(C(=O)N(CCc1ccc(C)cc1)c1ccc(C)c(C)c1)c1ccccc1.CC(C)(C)OC(N)=O. The molecule has 3 rings (SSSR count). The van der Waals surface area contributed by atoms with E-state index in [4.69, 9.17) is 5.73 Å². The van der Waals surface area contributed by atoms with Crippen molar-refractivity contribution in [3.8, 4) is 0 Å². The summed E-state index contributed by atoms with van der Waals surface area (Å²) in [5, 5.41) is 2.99. The minimum absolute atomic E-state index is 0.110. The van der Waals surface area contributed by atoms with Gasteiger partial charge in [-0.15, -0.1) is 0 Å². The molecule has 3 aromatic rings. The van der Waals surface area contributed by atoms with Crippen LogP contribution in [0, 0.1) is 20.8 Å². The van der Waals surface area contributed by atoms with Crippen LogP contribution in [0.4, 0.5) is 10.5 Å². The van der Waals surface area contributed by atoms with Crippen LogP contribution in [0.1, 0.15) is 61.1 Å². The highest BCUT2D eigenvalue weighted by Gasteiger charge is 2.29. The molecule has 0 fully saturated rings.